The number of ether oxygens (including phenoxy) is 1. The molecule has 1 unspecified atom stereocenters. The molecule has 0 saturated heterocycles. The van der Waals surface area contributed by atoms with Gasteiger partial charge >= 0.3 is 0 Å². The molecule has 0 aliphatic rings. The summed E-state index contributed by atoms with van der Waals surface area (Å²) in [6.45, 7) is 4.17. The number of rotatable bonds is 5. The molecular weight excluding hydrogens is 234 g/mol. The van der Waals surface area contributed by atoms with Crippen molar-refractivity contribution in [3.63, 3.8) is 0 Å². The van der Waals surface area contributed by atoms with Gasteiger partial charge in [-0.1, -0.05) is 13.0 Å². The quantitative estimate of drug-likeness (QED) is 0.888. The van der Waals surface area contributed by atoms with Gasteiger partial charge < -0.3 is 9.84 Å². The molecule has 0 amide bonds. The summed E-state index contributed by atoms with van der Waals surface area (Å²) < 4.78 is 6.72. The van der Waals surface area contributed by atoms with Crippen molar-refractivity contribution in [1.82, 2.24) is 4.98 Å². The van der Waals surface area contributed by atoms with Gasteiger partial charge in [-0.25, -0.2) is 4.98 Å². The molecule has 0 fully saturated rings. The number of aliphatic hydroxyl groups is 1. The van der Waals surface area contributed by atoms with E-state index in [9.17, 15) is 5.11 Å². The molecule has 4 heteroatoms. The molecule has 2 rings (SSSR count). The number of hydrogen-bond acceptors (Lipinski definition) is 4. The zero-order valence-corrected chi connectivity index (χ0v) is 11.0. The molecule has 0 bridgehead atoms. The van der Waals surface area contributed by atoms with Crippen molar-refractivity contribution < 1.29 is 9.84 Å². The molecule has 2 aromatic rings. The molecule has 1 N–H and O–H groups in total. The summed E-state index contributed by atoms with van der Waals surface area (Å²) >= 11 is 1.72. The van der Waals surface area contributed by atoms with Gasteiger partial charge in [0.05, 0.1) is 15.8 Å². The number of nitrogens with zero attached hydrogens (tertiary/aromatic N) is 1. The van der Waals surface area contributed by atoms with E-state index in [-0.39, 0.29) is 0 Å². The van der Waals surface area contributed by atoms with E-state index in [0.717, 1.165) is 33.8 Å². The third kappa shape index (κ3) is 2.96. The SMILES string of the molecule is CCCc1nc2c(OCC(C)O)cccc2s1. The van der Waals surface area contributed by atoms with Crippen molar-refractivity contribution in [2.75, 3.05) is 6.61 Å². The van der Waals surface area contributed by atoms with Crippen LogP contribution in [-0.2, 0) is 6.42 Å². The number of thiazole rings is 1. The first-order chi connectivity index (χ1) is 8.20. The smallest absolute Gasteiger partial charge is 0.146 e. The van der Waals surface area contributed by atoms with Gasteiger partial charge in [0.15, 0.2) is 0 Å². The van der Waals surface area contributed by atoms with Crippen LogP contribution in [0.15, 0.2) is 18.2 Å². The van der Waals surface area contributed by atoms with Crippen LogP contribution in [0, 0.1) is 0 Å². The summed E-state index contributed by atoms with van der Waals surface area (Å²) in [5.74, 6) is 0.766. The second-order valence-electron chi connectivity index (χ2n) is 4.12. The fourth-order valence-electron chi connectivity index (χ4n) is 1.62. The van der Waals surface area contributed by atoms with Crippen LogP contribution < -0.4 is 4.74 Å². The lowest BCUT2D eigenvalue weighted by Gasteiger charge is -2.07. The predicted octanol–water partition coefficient (Wildman–Crippen LogP) is 3.01. The van der Waals surface area contributed by atoms with Crippen molar-refractivity contribution >= 4 is 21.6 Å². The van der Waals surface area contributed by atoms with Gasteiger partial charge in [-0.3, -0.25) is 0 Å². The number of aliphatic hydroxyl groups excluding tert-OH is 1. The Bertz CT molecular complexity index is 493. The van der Waals surface area contributed by atoms with Crippen LogP contribution in [0.5, 0.6) is 5.75 Å². The highest BCUT2D eigenvalue weighted by Gasteiger charge is 2.09. The molecule has 1 aromatic carbocycles. The highest BCUT2D eigenvalue weighted by atomic mass is 32.1. The normalized spacial score (nSPS) is 12.9. The predicted molar refractivity (Wildman–Crippen MR) is 70.8 cm³/mol. The van der Waals surface area contributed by atoms with Crippen LogP contribution in [-0.4, -0.2) is 22.8 Å². The van der Waals surface area contributed by atoms with Gasteiger partial charge in [-0.2, -0.15) is 0 Å². The number of hydrogen-bond donors (Lipinski definition) is 1. The van der Waals surface area contributed by atoms with Crippen LogP contribution in [0.1, 0.15) is 25.3 Å². The molecule has 0 aliphatic heterocycles. The highest BCUT2D eigenvalue weighted by Crippen LogP contribution is 2.30. The lowest BCUT2D eigenvalue weighted by Crippen LogP contribution is -2.12. The van der Waals surface area contributed by atoms with E-state index in [4.69, 9.17) is 4.74 Å². The van der Waals surface area contributed by atoms with Gasteiger partial charge in [0, 0.05) is 0 Å². The Morgan fingerprint density at radius 2 is 2.29 bits per heavy atom. The minimum absolute atomic E-state index is 0.305. The largest absolute Gasteiger partial charge is 0.489 e. The molecule has 0 saturated carbocycles. The van der Waals surface area contributed by atoms with E-state index in [2.05, 4.69) is 18.0 Å². The van der Waals surface area contributed by atoms with Crippen molar-refractivity contribution in [3.05, 3.63) is 23.2 Å². The zero-order valence-electron chi connectivity index (χ0n) is 10.1. The maximum Gasteiger partial charge on any atom is 0.146 e. The lowest BCUT2D eigenvalue weighted by molar-refractivity contribution is 0.123. The number of aryl methyl sites for hydroxylation is 1. The second kappa shape index (κ2) is 5.47. The van der Waals surface area contributed by atoms with Gasteiger partial charge in [-0.15, -0.1) is 11.3 Å². The molecule has 1 heterocycles. The average Bonchev–Trinajstić information content (AvgIpc) is 2.69. The first kappa shape index (κ1) is 12.3. The molecule has 0 spiro atoms. The van der Waals surface area contributed by atoms with Crippen molar-refractivity contribution in [2.45, 2.75) is 32.8 Å². The van der Waals surface area contributed by atoms with Crippen LogP contribution in [0.2, 0.25) is 0 Å². The lowest BCUT2D eigenvalue weighted by atomic mass is 10.3. The third-order valence-electron chi connectivity index (χ3n) is 2.37. The minimum Gasteiger partial charge on any atom is -0.489 e. The Hall–Kier alpha value is -1.13. The highest BCUT2D eigenvalue weighted by molar-refractivity contribution is 7.18. The van der Waals surface area contributed by atoms with E-state index < -0.39 is 6.10 Å². The summed E-state index contributed by atoms with van der Waals surface area (Å²) in [4.78, 5) is 4.59. The second-order valence-corrected chi connectivity index (χ2v) is 5.24. The van der Waals surface area contributed by atoms with Crippen LogP contribution in [0.3, 0.4) is 0 Å². The van der Waals surface area contributed by atoms with Gasteiger partial charge in [0.1, 0.15) is 17.9 Å². The molecule has 3 nitrogen and oxygen atoms in total. The fourth-order valence-corrected chi connectivity index (χ4v) is 2.70. The standard InChI is InChI=1S/C13H17NO2S/c1-3-5-12-14-13-10(16-8-9(2)15)6-4-7-11(13)17-12/h4,6-7,9,15H,3,5,8H2,1-2H3. The minimum atomic E-state index is -0.459. The summed E-state index contributed by atoms with van der Waals surface area (Å²) in [5.41, 5.74) is 0.918. The van der Waals surface area contributed by atoms with Gasteiger partial charge in [0.25, 0.3) is 0 Å². The number of para-hydroxylation sites is 1. The maximum atomic E-state index is 9.23. The van der Waals surface area contributed by atoms with Crippen LogP contribution in [0.25, 0.3) is 10.2 Å². The number of benzene rings is 1. The molecule has 1 aromatic heterocycles. The van der Waals surface area contributed by atoms with E-state index in [1.807, 2.05) is 12.1 Å². The average molecular weight is 251 g/mol. The monoisotopic (exact) mass is 251 g/mol. The van der Waals surface area contributed by atoms with E-state index in [1.165, 1.54) is 0 Å². The topological polar surface area (TPSA) is 42.4 Å². The van der Waals surface area contributed by atoms with Crippen molar-refractivity contribution in [3.8, 4) is 5.75 Å². The fraction of sp³-hybridized carbons (Fsp3) is 0.462. The Labute approximate surface area is 105 Å². The zero-order chi connectivity index (χ0) is 12.3. The number of aromatic nitrogens is 1. The van der Waals surface area contributed by atoms with Crippen molar-refractivity contribution in [2.24, 2.45) is 0 Å². The van der Waals surface area contributed by atoms with E-state index in [0.29, 0.717) is 6.61 Å². The summed E-state index contributed by atoms with van der Waals surface area (Å²) in [5, 5.41) is 10.4. The van der Waals surface area contributed by atoms with Gasteiger partial charge in [0.2, 0.25) is 0 Å². The first-order valence-electron chi connectivity index (χ1n) is 5.90. The van der Waals surface area contributed by atoms with Crippen LogP contribution >= 0.6 is 11.3 Å². The molecule has 17 heavy (non-hydrogen) atoms. The summed E-state index contributed by atoms with van der Waals surface area (Å²) in [7, 11) is 0. The summed E-state index contributed by atoms with van der Waals surface area (Å²) in [6, 6.07) is 5.93. The molecule has 92 valence electrons. The Balaban J connectivity index is 2.28. The number of fused-ring (bicyclic) bond motifs is 1. The van der Waals surface area contributed by atoms with Crippen molar-refractivity contribution in [1.29, 1.82) is 0 Å². The molecule has 0 aliphatic carbocycles. The molecule has 1 atom stereocenters. The Morgan fingerprint density at radius 3 is 3.00 bits per heavy atom. The molecular formula is C13H17NO2S. The maximum absolute atomic E-state index is 9.23. The first-order valence-corrected chi connectivity index (χ1v) is 6.71. The van der Waals surface area contributed by atoms with Crippen LogP contribution in [0.4, 0.5) is 0 Å². The van der Waals surface area contributed by atoms with E-state index in [1.54, 1.807) is 18.3 Å². The Morgan fingerprint density at radius 1 is 1.47 bits per heavy atom. The van der Waals surface area contributed by atoms with Gasteiger partial charge in [-0.05, 0) is 31.9 Å². The van der Waals surface area contributed by atoms with E-state index >= 15 is 0 Å². The third-order valence-corrected chi connectivity index (χ3v) is 3.45. The molecule has 0 radical (unpaired) electrons. The summed E-state index contributed by atoms with van der Waals surface area (Å²) in [6.07, 6.45) is 1.65. The Kier molecular flexibility index (Phi) is 3.97.